The fourth-order valence-corrected chi connectivity index (χ4v) is 1.92. The van der Waals surface area contributed by atoms with Gasteiger partial charge in [-0.25, -0.2) is 0 Å². The second-order valence-electron chi connectivity index (χ2n) is 4.22. The number of rotatable bonds is 4. The van der Waals surface area contributed by atoms with Crippen molar-refractivity contribution in [1.82, 2.24) is 4.90 Å². The molecule has 0 N–H and O–H groups in total. The summed E-state index contributed by atoms with van der Waals surface area (Å²) in [5.74, 6) is -0.610. The molecule has 0 saturated carbocycles. The molecule has 1 heterocycles. The minimum atomic E-state index is -0.275. The molecular formula is C13H12NO3. The van der Waals surface area contributed by atoms with Crippen LogP contribution in [0.5, 0.6) is 0 Å². The highest BCUT2D eigenvalue weighted by Gasteiger charge is 2.35. The summed E-state index contributed by atoms with van der Waals surface area (Å²) in [7, 11) is 0. The van der Waals surface area contributed by atoms with Crippen molar-refractivity contribution in [3.8, 4) is 0 Å². The molecule has 17 heavy (non-hydrogen) atoms. The van der Waals surface area contributed by atoms with Gasteiger partial charge in [-0.15, -0.1) is 0 Å². The number of hydrogen-bond acceptors (Lipinski definition) is 3. The molecule has 0 saturated heterocycles. The average molecular weight is 230 g/mol. The minimum absolute atomic E-state index is 0.0605. The van der Waals surface area contributed by atoms with Crippen LogP contribution in [0.25, 0.3) is 0 Å². The summed E-state index contributed by atoms with van der Waals surface area (Å²) in [5.41, 5.74) is 0.888. The van der Waals surface area contributed by atoms with Crippen molar-refractivity contribution in [1.29, 1.82) is 0 Å². The summed E-state index contributed by atoms with van der Waals surface area (Å²) < 4.78 is 0. The van der Waals surface area contributed by atoms with E-state index >= 15 is 0 Å². The molecule has 0 aliphatic carbocycles. The Kier molecular flexibility index (Phi) is 3.04. The topological polar surface area (TPSA) is 54.5 Å². The number of amides is 2. The lowest BCUT2D eigenvalue weighted by atomic mass is 10.1. The molecule has 0 bridgehead atoms. The van der Waals surface area contributed by atoms with Gasteiger partial charge >= 0.3 is 0 Å². The Hall–Kier alpha value is -1.97. The van der Waals surface area contributed by atoms with Gasteiger partial charge in [0.05, 0.1) is 11.1 Å². The van der Waals surface area contributed by atoms with Gasteiger partial charge < -0.3 is 0 Å². The monoisotopic (exact) mass is 230 g/mol. The summed E-state index contributed by atoms with van der Waals surface area (Å²) >= 11 is 0. The minimum Gasteiger partial charge on any atom is -0.291 e. The lowest BCUT2D eigenvalue weighted by Crippen LogP contribution is -2.33. The maximum absolute atomic E-state index is 12.0. The number of fused-ring (bicyclic) bond motifs is 1. The van der Waals surface area contributed by atoms with Gasteiger partial charge in [-0.2, -0.15) is 0 Å². The summed E-state index contributed by atoms with van der Waals surface area (Å²) in [6.07, 6.45) is 2.02. The standard InChI is InChI=1S/C13H12NO3/c1-9(6-7-15)8-14-12(16)10-4-2-3-5-11(10)13(14)17/h2-5,9H,6,8H2,1H3. The average Bonchev–Trinajstić information content (AvgIpc) is 2.56. The van der Waals surface area contributed by atoms with E-state index in [1.54, 1.807) is 30.6 Å². The lowest BCUT2D eigenvalue weighted by Gasteiger charge is -2.17. The molecule has 1 radical (unpaired) electrons. The van der Waals surface area contributed by atoms with Crippen molar-refractivity contribution >= 4 is 18.1 Å². The van der Waals surface area contributed by atoms with Crippen molar-refractivity contribution in [3.63, 3.8) is 0 Å². The van der Waals surface area contributed by atoms with E-state index in [9.17, 15) is 14.4 Å². The third kappa shape index (κ3) is 1.98. The van der Waals surface area contributed by atoms with E-state index < -0.39 is 0 Å². The van der Waals surface area contributed by atoms with Crippen LogP contribution in [0, 0.1) is 5.92 Å². The summed E-state index contributed by atoms with van der Waals surface area (Å²) in [6, 6.07) is 6.75. The van der Waals surface area contributed by atoms with E-state index in [0.29, 0.717) is 11.1 Å². The number of carbonyl (C=O) groups is 2. The summed E-state index contributed by atoms with van der Waals surface area (Å²) in [4.78, 5) is 35.4. The normalized spacial score (nSPS) is 15.9. The molecule has 0 aromatic heterocycles. The first kappa shape index (κ1) is 11.5. The van der Waals surface area contributed by atoms with Crippen LogP contribution in [0.4, 0.5) is 0 Å². The van der Waals surface area contributed by atoms with E-state index in [4.69, 9.17) is 0 Å². The van der Waals surface area contributed by atoms with Gasteiger partial charge in [0, 0.05) is 13.0 Å². The van der Waals surface area contributed by atoms with E-state index in [1.165, 1.54) is 4.90 Å². The van der Waals surface area contributed by atoms with Crippen molar-refractivity contribution in [2.75, 3.05) is 6.54 Å². The van der Waals surface area contributed by atoms with Gasteiger partial charge in [-0.1, -0.05) is 19.1 Å². The number of benzene rings is 1. The molecule has 1 unspecified atom stereocenters. The number of imide groups is 1. The number of nitrogens with zero attached hydrogens (tertiary/aromatic N) is 1. The summed E-state index contributed by atoms with van der Waals surface area (Å²) in [5, 5.41) is 0. The molecule has 87 valence electrons. The largest absolute Gasteiger partial charge is 0.291 e. The van der Waals surface area contributed by atoms with Gasteiger partial charge in [-0.05, 0) is 18.1 Å². The predicted molar refractivity (Wildman–Crippen MR) is 61.3 cm³/mol. The molecule has 1 aromatic carbocycles. The first-order chi connectivity index (χ1) is 8.15. The Bertz CT molecular complexity index is 446. The van der Waals surface area contributed by atoms with Crippen LogP contribution >= 0.6 is 0 Å². The quantitative estimate of drug-likeness (QED) is 0.735. The van der Waals surface area contributed by atoms with Crippen LogP contribution in [0.1, 0.15) is 34.1 Å². The van der Waals surface area contributed by atoms with Crippen molar-refractivity contribution in [2.45, 2.75) is 13.3 Å². The third-order valence-corrected chi connectivity index (χ3v) is 2.80. The van der Waals surface area contributed by atoms with E-state index in [2.05, 4.69) is 0 Å². The van der Waals surface area contributed by atoms with Crippen molar-refractivity contribution < 1.29 is 14.4 Å². The molecule has 4 nitrogen and oxygen atoms in total. The van der Waals surface area contributed by atoms with E-state index in [0.717, 1.165) is 0 Å². The molecule has 2 rings (SSSR count). The zero-order valence-electron chi connectivity index (χ0n) is 9.47. The van der Waals surface area contributed by atoms with Crippen LogP contribution in [0.2, 0.25) is 0 Å². The Balaban J connectivity index is 2.21. The van der Waals surface area contributed by atoms with Crippen LogP contribution in [-0.2, 0) is 4.79 Å². The smallest absolute Gasteiger partial charge is 0.261 e. The Morgan fingerprint density at radius 1 is 1.18 bits per heavy atom. The molecular weight excluding hydrogens is 218 g/mol. The van der Waals surface area contributed by atoms with Gasteiger partial charge in [0.25, 0.3) is 11.8 Å². The zero-order chi connectivity index (χ0) is 12.4. The molecule has 4 heteroatoms. The molecule has 2 amide bonds. The lowest BCUT2D eigenvalue weighted by molar-refractivity contribution is 0.0633. The molecule has 0 fully saturated rings. The fourth-order valence-electron chi connectivity index (χ4n) is 1.92. The molecule has 1 aliphatic heterocycles. The van der Waals surface area contributed by atoms with Crippen LogP contribution in [0.3, 0.4) is 0 Å². The Morgan fingerprint density at radius 3 is 2.18 bits per heavy atom. The van der Waals surface area contributed by atoms with Gasteiger partial charge in [0.1, 0.15) is 0 Å². The second kappa shape index (κ2) is 4.49. The Morgan fingerprint density at radius 2 is 1.71 bits per heavy atom. The highest BCUT2D eigenvalue weighted by atomic mass is 16.2. The number of hydrogen-bond donors (Lipinski definition) is 0. The maximum atomic E-state index is 12.0. The third-order valence-electron chi connectivity index (χ3n) is 2.80. The molecule has 1 atom stereocenters. The van der Waals surface area contributed by atoms with Crippen LogP contribution in [-0.4, -0.2) is 29.5 Å². The number of carbonyl (C=O) groups excluding carboxylic acids is 3. The van der Waals surface area contributed by atoms with E-state index in [1.807, 2.05) is 6.92 Å². The zero-order valence-corrected chi connectivity index (χ0v) is 9.47. The van der Waals surface area contributed by atoms with E-state index in [-0.39, 0.29) is 30.7 Å². The first-order valence-electron chi connectivity index (χ1n) is 5.45. The van der Waals surface area contributed by atoms with Crippen LogP contribution < -0.4 is 0 Å². The fraction of sp³-hybridized carbons (Fsp3) is 0.308. The second-order valence-corrected chi connectivity index (χ2v) is 4.22. The molecule has 0 spiro atoms. The van der Waals surface area contributed by atoms with Crippen molar-refractivity contribution in [2.24, 2.45) is 5.92 Å². The Labute approximate surface area is 99.2 Å². The predicted octanol–water partition coefficient (Wildman–Crippen LogP) is 1.42. The maximum Gasteiger partial charge on any atom is 0.261 e. The van der Waals surface area contributed by atoms with Crippen LogP contribution in [0.15, 0.2) is 24.3 Å². The van der Waals surface area contributed by atoms with Gasteiger partial charge in [0.15, 0.2) is 6.29 Å². The first-order valence-corrected chi connectivity index (χ1v) is 5.45. The molecule has 1 aromatic rings. The highest BCUT2D eigenvalue weighted by molar-refractivity contribution is 6.21. The van der Waals surface area contributed by atoms with Gasteiger partial charge in [-0.3, -0.25) is 19.3 Å². The summed E-state index contributed by atoms with van der Waals surface area (Å²) in [6.45, 7) is 2.08. The molecule has 1 aliphatic rings. The van der Waals surface area contributed by atoms with Crippen molar-refractivity contribution in [3.05, 3.63) is 35.4 Å². The highest BCUT2D eigenvalue weighted by Crippen LogP contribution is 2.23. The van der Waals surface area contributed by atoms with Gasteiger partial charge in [0.2, 0.25) is 0 Å². The SMILES string of the molecule is CC(C[C]=O)CN1C(=O)c2ccccc2C1=O.